The number of aryl methyl sites for hydroxylation is 2. The lowest BCUT2D eigenvalue weighted by Crippen LogP contribution is -2.12. The highest BCUT2D eigenvalue weighted by molar-refractivity contribution is 6.28. The summed E-state index contributed by atoms with van der Waals surface area (Å²) in [5, 5.41) is 8.21. The van der Waals surface area contributed by atoms with Gasteiger partial charge in [-0.15, -0.1) is 16.7 Å². The summed E-state index contributed by atoms with van der Waals surface area (Å²) >= 11 is 5.63. The van der Waals surface area contributed by atoms with Crippen molar-refractivity contribution in [3.63, 3.8) is 0 Å². The molecule has 100 valence electrons. The van der Waals surface area contributed by atoms with Crippen molar-refractivity contribution in [2.24, 2.45) is 10.7 Å². The second-order valence-corrected chi connectivity index (χ2v) is 4.48. The zero-order valence-corrected chi connectivity index (χ0v) is 11.7. The zero-order valence-electron chi connectivity index (χ0n) is 11.0. The lowest BCUT2D eigenvalue weighted by Gasteiger charge is -2.06. The molecule has 0 spiro atoms. The number of rotatable bonds is 4. The van der Waals surface area contributed by atoms with Gasteiger partial charge in [-0.05, 0) is 31.0 Å². The highest BCUT2D eigenvalue weighted by Gasteiger charge is 2.06. The first-order valence-corrected chi connectivity index (χ1v) is 6.58. The summed E-state index contributed by atoms with van der Waals surface area (Å²) in [5.74, 6) is 0.608. The molecule has 0 amide bonds. The molecule has 1 aromatic carbocycles. The minimum absolute atomic E-state index is 0.215. The summed E-state index contributed by atoms with van der Waals surface area (Å²) < 4.78 is 1.75. The molecule has 6 heteroatoms. The molecule has 0 atom stereocenters. The lowest BCUT2D eigenvalue weighted by atomic mass is 10.2. The van der Waals surface area contributed by atoms with Crippen molar-refractivity contribution < 1.29 is 0 Å². The molecule has 0 radical (unpaired) electrons. The number of aromatic nitrogens is 3. The largest absolute Gasteiger partial charge is 0.386 e. The first-order valence-electron chi connectivity index (χ1n) is 6.05. The number of amidine groups is 1. The highest BCUT2D eigenvalue weighted by Crippen LogP contribution is 2.21. The summed E-state index contributed by atoms with van der Waals surface area (Å²) in [6, 6.07) is 5.79. The van der Waals surface area contributed by atoms with Crippen LogP contribution in [0.4, 0.5) is 5.69 Å². The summed E-state index contributed by atoms with van der Waals surface area (Å²) in [6.45, 7) is 4.06. The van der Waals surface area contributed by atoms with Gasteiger partial charge in [0, 0.05) is 0 Å². The van der Waals surface area contributed by atoms with Crippen molar-refractivity contribution in [1.29, 1.82) is 0 Å². The van der Waals surface area contributed by atoms with Crippen LogP contribution in [0.15, 0.2) is 29.4 Å². The van der Waals surface area contributed by atoms with Crippen LogP contribution in [0.2, 0.25) is 0 Å². The van der Waals surface area contributed by atoms with E-state index < -0.39 is 0 Å². The van der Waals surface area contributed by atoms with Crippen LogP contribution in [0, 0.1) is 6.92 Å². The number of nitrogens with zero attached hydrogens (tertiary/aromatic N) is 4. The molecule has 1 aromatic heterocycles. The molecule has 2 N–H and O–H groups in total. The van der Waals surface area contributed by atoms with Crippen LogP contribution in [0.25, 0.3) is 5.69 Å². The van der Waals surface area contributed by atoms with Gasteiger partial charge < -0.3 is 5.73 Å². The van der Waals surface area contributed by atoms with E-state index >= 15 is 0 Å². The van der Waals surface area contributed by atoms with Crippen LogP contribution in [0.3, 0.4) is 0 Å². The second-order valence-electron chi connectivity index (χ2n) is 4.22. The highest BCUT2D eigenvalue weighted by atomic mass is 35.5. The summed E-state index contributed by atoms with van der Waals surface area (Å²) in [5.41, 5.74) is 9.38. The quantitative estimate of drug-likeness (QED) is 0.530. The molecule has 1 heterocycles. The Kier molecular flexibility index (Phi) is 4.16. The Labute approximate surface area is 117 Å². The maximum atomic E-state index is 5.64. The maximum Gasteiger partial charge on any atom is 0.115 e. The molecule has 2 rings (SSSR count). The molecular weight excluding hydrogens is 262 g/mol. The minimum atomic E-state index is 0.215. The Morgan fingerprint density at radius 2 is 2.26 bits per heavy atom. The third-order valence-corrected chi connectivity index (χ3v) is 3.03. The summed E-state index contributed by atoms with van der Waals surface area (Å²) in [4.78, 5) is 4.23. The van der Waals surface area contributed by atoms with Crippen molar-refractivity contribution in [2.45, 2.75) is 20.3 Å². The maximum absolute atomic E-state index is 5.64. The first-order chi connectivity index (χ1) is 9.13. The Morgan fingerprint density at radius 3 is 2.89 bits per heavy atom. The molecule has 0 aliphatic carbocycles. The smallest absolute Gasteiger partial charge is 0.115 e. The molecule has 0 aliphatic rings. The Balaban J connectivity index is 2.42. The van der Waals surface area contributed by atoms with E-state index in [1.807, 2.05) is 38.2 Å². The average molecular weight is 278 g/mol. The van der Waals surface area contributed by atoms with Gasteiger partial charge in [0.05, 0.1) is 29.1 Å². The van der Waals surface area contributed by atoms with Crippen molar-refractivity contribution in [1.82, 2.24) is 15.0 Å². The van der Waals surface area contributed by atoms with Crippen LogP contribution >= 0.6 is 11.6 Å². The number of halogens is 1. The van der Waals surface area contributed by atoms with Gasteiger partial charge in [-0.25, -0.2) is 9.67 Å². The topological polar surface area (TPSA) is 69.1 Å². The number of hydrogen-bond donors (Lipinski definition) is 1. The van der Waals surface area contributed by atoms with Gasteiger partial charge in [-0.1, -0.05) is 18.2 Å². The van der Waals surface area contributed by atoms with Crippen LogP contribution < -0.4 is 5.73 Å². The van der Waals surface area contributed by atoms with E-state index in [0.717, 1.165) is 29.1 Å². The van der Waals surface area contributed by atoms with Crippen LogP contribution in [0.1, 0.15) is 18.2 Å². The normalized spacial score (nSPS) is 11.8. The van der Waals surface area contributed by atoms with Crippen LogP contribution in [-0.4, -0.2) is 26.7 Å². The second kappa shape index (κ2) is 5.84. The predicted molar refractivity (Wildman–Crippen MR) is 77.5 cm³/mol. The van der Waals surface area contributed by atoms with E-state index in [2.05, 4.69) is 15.3 Å². The van der Waals surface area contributed by atoms with Gasteiger partial charge in [0.1, 0.15) is 5.84 Å². The van der Waals surface area contributed by atoms with E-state index in [9.17, 15) is 0 Å². The number of benzene rings is 1. The SMILES string of the molecule is CCc1cn(-c2cc(N=C(N)CCl)ccc2C)nn1. The molecule has 19 heavy (non-hydrogen) atoms. The van der Waals surface area contributed by atoms with E-state index in [0.29, 0.717) is 5.84 Å². The molecule has 0 saturated heterocycles. The number of nitrogens with two attached hydrogens (primary N) is 1. The summed E-state index contributed by atoms with van der Waals surface area (Å²) in [6.07, 6.45) is 2.77. The predicted octanol–water partition coefficient (Wildman–Crippen LogP) is 2.37. The van der Waals surface area contributed by atoms with Gasteiger partial charge in [-0.3, -0.25) is 0 Å². The van der Waals surface area contributed by atoms with Gasteiger partial charge >= 0.3 is 0 Å². The Morgan fingerprint density at radius 1 is 1.47 bits per heavy atom. The number of alkyl halides is 1. The first kappa shape index (κ1) is 13.5. The number of hydrogen-bond acceptors (Lipinski definition) is 3. The zero-order chi connectivity index (χ0) is 13.8. The molecular formula is C13H16ClN5. The Hall–Kier alpha value is -1.88. The van der Waals surface area contributed by atoms with E-state index in [4.69, 9.17) is 17.3 Å². The molecule has 0 aliphatic heterocycles. The van der Waals surface area contributed by atoms with Crippen molar-refractivity contribution >= 4 is 23.1 Å². The third kappa shape index (κ3) is 3.12. The van der Waals surface area contributed by atoms with Crippen molar-refractivity contribution in [3.05, 3.63) is 35.7 Å². The third-order valence-electron chi connectivity index (χ3n) is 2.75. The Bertz CT molecular complexity index is 603. The monoisotopic (exact) mass is 277 g/mol. The van der Waals surface area contributed by atoms with Crippen LogP contribution in [0.5, 0.6) is 0 Å². The lowest BCUT2D eigenvalue weighted by molar-refractivity contribution is 0.793. The molecule has 0 unspecified atom stereocenters. The van der Waals surface area contributed by atoms with Gasteiger partial charge in [0.25, 0.3) is 0 Å². The fourth-order valence-corrected chi connectivity index (χ4v) is 1.75. The molecule has 0 fully saturated rings. The van der Waals surface area contributed by atoms with Gasteiger partial charge in [-0.2, -0.15) is 0 Å². The fraction of sp³-hybridized carbons (Fsp3) is 0.308. The van der Waals surface area contributed by atoms with Gasteiger partial charge in [0.15, 0.2) is 0 Å². The van der Waals surface area contributed by atoms with Crippen molar-refractivity contribution in [2.75, 3.05) is 5.88 Å². The van der Waals surface area contributed by atoms with Gasteiger partial charge in [0.2, 0.25) is 0 Å². The average Bonchev–Trinajstić information content (AvgIpc) is 2.89. The van der Waals surface area contributed by atoms with E-state index in [1.54, 1.807) is 4.68 Å². The van der Waals surface area contributed by atoms with E-state index in [-0.39, 0.29) is 5.88 Å². The van der Waals surface area contributed by atoms with Crippen molar-refractivity contribution in [3.8, 4) is 5.69 Å². The molecule has 0 bridgehead atoms. The number of aliphatic imine (C=N–C) groups is 1. The van der Waals surface area contributed by atoms with Crippen LogP contribution in [-0.2, 0) is 6.42 Å². The summed E-state index contributed by atoms with van der Waals surface area (Å²) in [7, 11) is 0. The fourth-order valence-electron chi connectivity index (χ4n) is 1.69. The molecule has 2 aromatic rings. The molecule has 5 nitrogen and oxygen atoms in total. The standard InChI is InChI=1S/C13H16ClN5/c1-3-10-8-19(18-17-10)12-6-11(5-4-9(12)2)16-13(15)7-14/h4-6,8H,3,7H2,1-2H3,(H2,15,16). The molecule has 0 saturated carbocycles. The van der Waals surface area contributed by atoms with E-state index in [1.165, 1.54) is 0 Å². The minimum Gasteiger partial charge on any atom is -0.386 e.